The van der Waals surface area contributed by atoms with Crippen LogP contribution in [0.4, 0.5) is 5.69 Å². The molecule has 9 nitrogen and oxygen atoms in total. The molecule has 0 fully saturated rings. The number of para-hydroxylation sites is 1. The van der Waals surface area contributed by atoms with Crippen LogP contribution in [0.3, 0.4) is 0 Å². The van der Waals surface area contributed by atoms with E-state index >= 15 is 0 Å². The van der Waals surface area contributed by atoms with E-state index in [9.17, 15) is 9.59 Å². The summed E-state index contributed by atoms with van der Waals surface area (Å²) in [5, 5.41) is 12.3. The smallest absolute Gasteiger partial charge is 0.263 e. The van der Waals surface area contributed by atoms with Gasteiger partial charge in [0.2, 0.25) is 18.5 Å². The van der Waals surface area contributed by atoms with Gasteiger partial charge in [-0.1, -0.05) is 30.0 Å². The second-order valence-electron chi connectivity index (χ2n) is 6.74. The average molecular weight is 435 g/mol. The van der Waals surface area contributed by atoms with Crippen molar-refractivity contribution in [1.82, 2.24) is 19.2 Å². The molecule has 0 bridgehead atoms. The minimum absolute atomic E-state index is 0.115. The molecular formula is C21H17N5O4S. The second-order valence-corrected chi connectivity index (χ2v) is 7.69. The maximum Gasteiger partial charge on any atom is 0.263 e. The number of nitrogens with one attached hydrogen (secondary N) is 1. The molecule has 0 radical (unpaired) electrons. The maximum atomic E-state index is 12.8. The van der Waals surface area contributed by atoms with E-state index in [4.69, 9.17) is 9.47 Å². The molecule has 31 heavy (non-hydrogen) atoms. The number of benzene rings is 2. The molecule has 2 aromatic carbocycles. The van der Waals surface area contributed by atoms with E-state index in [0.717, 1.165) is 0 Å². The van der Waals surface area contributed by atoms with Crippen LogP contribution >= 0.6 is 11.8 Å². The molecule has 0 spiro atoms. The molecule has 1 aliphatic heterocycles. The molecule has 5 rings (SSSR count). The molecule has 0 saturated heterocycles. The highest BCUT2D eigenvalue weighted by Gasteiger charge is 2.18. The number of ether oxygens (including phenoxy) is 2. The molecule has 2 aromatic heterocycles. The van der Waals surface area contributed by atoms with Gasteiger partial charge in [0.25, 0.3) is 5.56 Å². The van der Waals surface area contributed by atoms with Gasteiger partial charge in [-0.05, 0) is 24.3 Å². The van der Waals surface area contributed by atoms with E-state index in [0.29, 0.717) is 45.6 Å². The van der Waals surface area contributed by atoms with Gasteiger partial charge in [0.05, 0.1) is 16.7 Å². The van der Waals surface area contributed by atoms with Crippen molar-refractivity contribution in [2.75, 3.05) is 17.9 Å². The standard InChI is InChI=1S/C21H17N5O4S/c1-2-9-25-19(28)14-5-3-4-6-15(14)26-20(25)23-24-21(26)31-11-18(27)22-13-7-8-16-17(10-13)30-12-29-16/h2-8,10H,1,9,11-12H2,(H,22,27). The molecule has 3 heterocycles. The van der Waals surface area contributed by atoms with Crippen molar-refractivity contribution in [2.24, 2.45) is 0 Å². The van der Waals surface area contributed by atoms with Gasteiger partial charge in [0.15, 0.2) is 16.7 Å². The quantitative estimate of drug-likeness (QED) is 0.367. The van der Waals surface area contributed by atoms with Crippen molar-refractivity contribution in [3.8, 4) is 11.5 Å². The summed E-state index contributed by atoms with van der Waals surface area (Å²) in [4.78, 5) is 25.3. The van der Waals surface area contributed by atoms with E-state index in [1.165, 1.54) is 16.3 Å². The summed E-state index contributed by atoms with van der Waals surface area (Å²) in [6, 6.07) is 12.5. The Kier molecular flexibility index (Phi) is 4.83. The number of amides is 1. The molecular weight excluding hydrogens is 418 g/mol. The zero-order chi connectivity index (χ0) is 21.4. The van der Waals surface area contributed by atoms with Crippen LogP contribution in [-0.2, 0) is 11.3 Å². The second kappa shape index (κ2) is 7.80. The lowest BCUT2D eigenvalue weighted by Crippen LogP contribution is -2.22. The fourth-order valence-electron chi connectivity index (χ4n) is 3.42. The molecule has 156 valence electrons. The molecule has 10 heteroatoms. The Morgan fingerprint density at radius 3 is 2.90 bits per heavy atom. The number of hydrogen-bond donors (Lipinski definition) is 1. The number of carbonyl (C=O) groups is 1. The predicted molar refractivity (Wildman–Crippen MR) is 117 cm³/mol. The topological polar surface area (TPSA) is 99.8 Å². The summed E-state index contributed by atoms with van der Waals surface area (Å²) < 4.78 is 13.9. The van der Waals surface area contributed by atoms with Gasteiger partial charge in [0, 0.05) is 18.3 Å². The Hall–Kier alpha value is -3.79. The van der Waals surface area contributed by atoms with E-state index in [1.54, 1.807) is 34.7 Å². The molecule has 1 amide bonds. The van der Waals surface area contributed by atoms with Gasteiger partial charge in [-0.2, -0.15) is 0 Å². The number of fused-ring (bicyclic) bond motifs is 4. The minimum atomic E-state index is -0.204. The van der Waals surface area contributed by atoms with Crippen molar-refractivity contribution in [1.29, 1.82) is 0 Å². The third-order valence-corrected chi connectivity index (χ3v) is 5.71. The molecule has 0 saturated carbocycles. The minimum Gasteiger partial charge on any atom is -0.454 e. The van der Waals surface area contributed by atoms with Gasteiger partial charge in [0.1, 0.15) is 0 Å². The monoisotopic (exact) mass is 435 g/mol. The molecule has 4 aromatic rings. The van der Waals surface area contributed by atoms with Crippen LogP contribution in [0, 0.1) is 0 Å². The number of rotatable bonds is 6. The highest BCUT2D eigenvalue weighted by molar-refractivity contribution is 7.99. The van der Waals surface area contributed by atoms with Crippen molar-refractivity contribution < 1.29 is 14.3 Å². The van der Waals surface area contributed by atoms with Crippen LogP contribution in [0.25, 0.3) is 16.7 Å². The summed E-state index contributed by atoms with van der Waals surface area (Å²) in [6.07, 6.45) is 1.64. The van der Waals surface area contributed by atoms with Crippen LogP contribution in [0.5, 0.6) is 11.5 Å². The summed E-state index contributed by atoms with van der Waals surface area (Å²) in [7, 11) is 0. The molecule has 0 unspecified atom stereocenters. The SMILES string of the molecule is C=CCn1c(=O)c2ccccc2n2c(SCC(=O)Nc3ccc4c(c3)OCO4)nnc12. The summed E-state index contributed by atoms with van der Waals surface area (Å²) >= 11 is 1.24. The Bertz CT molecular complexity index is 1390. The van der Waals surface area contributed by atoms with Crippen molar-refractivity contribution in [2.45, 2.75) is 11.7 Å². The summed E-state index contributed by atoms with van der Waals surface area (Å²) in [5.74, 6) is 1.57. The first-order valence-electron chi connectivity index (χ1n) is 9.45. The van der Waals surface area contributed by atoms with Crippen LogP contribution < -0.4 is 20.3 Å². The van der Waals surface area contributed by atoms with E-state index < -0.39 is 0 Å². The molecule has 1 N–H and O–H groups in total. The van der Waals surface area contributed by atoms with Crippen molar-refractivity contribution in [3.63, 3.8) is 0 Å². The number of thioether (sulfide) groups is 1. The number of nitrogens with zero attached hydrogens (tertiary/aromatic N) is 4. The van der Waals surface area contributed by atoms with Crippen LogP contribution in [0.15, 0.2) is 65.1 Å². The summed E-state index contributed by atoms with van der Waals surface area (Å²) in [5.41, 5.74) is 1.14. The maximum absolute atomic E-state index is 12.8. The zero-order valence-corrected chi connectivity index (χ0v) is 17.1. The average Bonchev–Trinajstić information content (AvgIpc) is 3.42. The molecule has 1 aliphatic rings. The normalized spacial score (nSPS) is 12.4. The first kappa shape index (κ1) is 19.2. The van der Waals surface area contributed by atoms with Gasteiger partial charge in [-0.3, -0.25) is 18.6 Å². The largest absolute Gasteiger partial charge is 0.454 e. The Balaban J connectivity index is 1.42. The van der Waals surface area contributed by atoms with E-state index in [1.807, 2.05) is 18.2 Å². The van der Waals surface area contributed by atoms with Gasteiger partial charge >= 0.3 is 0 Å². The zero-order valence-electron chi connectivity index (χ0n) is 16.3. The summed E-state index contributed by atoms with van der Waals surface area (Å²) in [6.45, 7) is 4.20. The fourth-order valence-corrected chi connectivity index (χ4v) is 4.16. The lowest BCUT2D eigenvalue weighted by atomic mass is 10.2. The Morgan fingerprint density at radius 2 is 2.03 bits per heavy atom. The number of aromatic nitrogens is 4. The molecule has 0 atom stereocenters. The number of carbonyl (C=O) groups excluding carboxylic acids is 1. The van der Waals surface area contributed by atoms with Crippen LogP contribution in [0.1, 0.15) is 0 Å². The number of hydrogen-bond acceptors (Lipinski definition) is 7. The van der Waals surface area contributed by atoms with Crippen molar-refractivity contribution in [3.05, 3.63) is 65.5 Å². The first-order chi connectivity index (χ1) is 15.2. The number of allylic oxidation sites excluding steroid dienone is 1. The number of anilines is 1. The lowest BCUT2D eigenvalue weighted by molar-refractivity contribution is -0.113. The van der Waals surface area contributed by atoms with Gasteiger partial charge in [-0.15, -0.1) is 16.8 Å². The molecule has 0 aliphatic carbocycles. The highest BCUT2D eigenvalue weighted by atomic mass is 32.2. The fraction of sp³-hybridized carbons (Fsp3) is 0.143. The third-order valence-electron chi connectivity index (χ3n) is 4.78. The van der Waals surface area contributed by atoms with Gasteiger partial charge < -0.3 is 14.8 Å². The third kappa shape index (κ3) is 3.40. The van der Waals surface area contributed by atoms with E-state index in [-0.39, 0.29) is 24.0 Å². The van der Waals surface area contributed by atoms with Crippen LogP contribution in [0.2, 0.25) is 0 Å². The first-order valence-corrected chi connectivity index (χ1v) is 10.4. The Morgan fingerprint density at radius 1 is 1.19 bits per heavy atom. The Labute approximate surface area is 180 Å². The lowest BCUT2D eigenvalue weighted by Gasteiger charge is -2.09. The van der Waals surface area contributed by atoms with Crippen LogP contribution in [-0.4, -0.2) is 37.6 Å². The van der Waals surface area contributed by atoms with E-state index in [2.05, 4.69) is 22.1 Å². The predicted octanol–water partition coefficient (Wildman–Crippen LogP) is 2.69. The highest BCUT2D eigenvalue weighted by Crippen LogP contribution is 2.34. The van der Waals surface area contributed by atoms with Crippen molar-refractivity contribution >= 4 is 40.0 Å². The van der Waals surface area contributed by atoms with Gasteiger partial charge in [-0.25, -0.2) is 0 Å².